The van der Waals surface area contributed by atoms with Crippen LogP contribution in [0, 0.1) is 26.2 Å². The van der Waals surface area contributed by atoms with Gasteiger partial charge in [-0.2, -0.15) is 5.06 Å². The lowest BCUT2D eigenvalue weighted by Gasteiger charge is -2.50. The molecule has 0 bridgehead atoms. The number of hydrogen-bond donors (Lipinski definition) is 0. The van der Waals surface area contributed by atoms with E-state index >= 15 is 0 Å². The van der Waals surface area contributed by atoms with E-state index in [1.807, 2.05) is 23.3 Å². The lowest BCUT2D eigenvalue weighted by atomic mass is 9.69. The van der Waals surface area contributed by atoms with E-state index in [4.69, 9.17) is 9.57 Å². The first-order chi connectivity index (χ1) is 17.3. The van der Waals surface area contributed by atoms with Crippen LogP contribution in [-0.4, -0.2) is 48.2 Å². The maximum atomic E-state index is 14.5. The van der Waals surface area contributed by atoms with Gasteiger partial charge in [0.1, 0.15) is 17.9 Å². The molecule has 5 nitrogen and oxygen atoms in total. The molecule has 1 saturated heterocycles. The SMILES string of the molecule is CON1CCC2(CC1)C(OCc1ccccc1)=C(c1c(C)cc(C)cc1C)C(=O)N2CC1(C)CCC1. The van der Waals surface area contributed by atoms with E-state index < -0.39 is 5.54 Å². The second-order valence-corrected chi connectivity index (χ2v) is 11.5. The van der Waals surface area contributed by atoms with Crippen LogP contribution >= 0.6 is 0 Å². The molecule has 0 unspecified atom stereocenters. The van der Waals surface area contributed by atoms with E-state index in [0.29, 0.717) is 6.61 Å². The lowest BCUT2D eigenvalue weighted by Crippen LogP contribution is -2.58. The van der Waals surface area contributed by atoms with E-state index in [0.717, 1.165) is 66.1 Å². The Hall–Kier alpha value is -2.63. The Labute approximate surface area is 216 Å². The molecular formula is C31H40N2O3. The van der Waals surface area contributed by atoms with E-state index in [9.17, 15) is 4.79 Å². The Morgan fingerprint density at radius 3 is 2.14 bits per heavy atom. The van der Waals surface area contributed by atoms with Gasteiger partial charge in [0.15, 0.2) is 0 Å². The average Bonchev–Trinajstić information content (AvgIpc) is 3.04. The van der Waals surface area contributed by atoms with Gasteiger partial charge in [-0.05, 0) is 74.1 Å². The zero-order chi connectivity index (χ0) is 25.5. The number of rotatable bonds is 7. The highest BCUT2D eigenvalue weighted by Gasteiger charge is 2.56. The summed E-state index contributed by atoms with van der Waals surface area (Å²) in [6.45, 7) is 11.5. The number of benzene rings is 2. The third-order valence-electron chi connectivity index (χ3n) is 8.69. The molecule has 2 aliphatic heterocycles. The summed E-state index contributed by atoms with van der Waals surface area (Å²) >= 11 is 0. The predicted molar refractivity (Wildman–Crippen MR) is 143 cm³/mol. The maximum absolute atomic E-state index is 14.5. The zero-order valence-corrected chi connectivity index (χ0v) is 22.5. The highest BCUT2D eigenvalue weighted by molar-refractivity contribution is 6.24. The molecule has 3 aliphatic rings. The van der Waals surface area contributed by atoms with Crippen LogP contribution < -0.4 is 0 Å². The molecule has 2 aromatic carbocycles. The van der Waals surface area contributed by atoms with Crippen LogP contribution in [0.5, 0.6) is 0 Å². The Kier molecular flexibility index (Phi) is 6.73. The largest absolute Gasteiger partial charge is 0.490 e. The Morgan fingerprint density at radius 2 is 1.58 bits per heavy atom. The summed E-state index contributed by atoms with van der Waals surface area (Å²) in [7, 11) is 1.73. The number of nitrogens with zero attached hydrogens (tertiary/aromatic N) is 2. The molecule has 0 radical (unpaired) electrons. The molecule has 192 valence electrons. The number of hydrogen-bond acceptors (Lipinski definition) is 4. The molecule has 0 N–H and O–H groups in total. The van der Waals surface area contributed by atoms with Crippen LogP contribution in [0.3, 0.4) is 0 Å². The topological polar surface area (TPSA) is 42.0 Å². The zero-order valence-electron chi connectivity index (χ0n) is 22.5. The first-order valence-electron chi connectivity index (χ1n) is 13.4. The lowest BCUT2D eigenvalue weighted by molar-refractivity contribution is -0.167. The number of hydroxylamine groups is 2. The van der Waals surface area contributed by atoms with Crippen molar-refractivity contribution in [2.45, 2.75) is 71.9 Å². The fourth-order valence-corrected chi connectivity index (χ4v) is 6.59. The molecule has 1 spiro atoms. The first-order valence-corrected chi connectivity index (χ1v) is 13.4. The van der Waals surface area contributed by atoms with Gasteiger partial charge in [-0.1, -0.05) is 61.4 Å². The van der Waals surface area contributed by atoms with Crippen LogP contribution in [-0.2, 0) is 21.0 Å². The van der Waals surface area contributed by atoms with Crippen LogP contribution in [0.25, 0.3) is 5.57 Å². The quantitative estimate of drug-likeness (QED) is 0.482. The molecule has 5 rings (SSSR count). The predicted octanol–water partition coefficient (Wildman–Crippen LogP) is 5.97. The van der Waals surface area contributed by atoms with Crippen molar-refractivity contribution in [3.05, 3.63) is 76.0 Å². The highest BCUT2D eigenvalue weighted by Crippen LogP contribution is 2.51. The number of aryl methyl sites for hydroxylation is 3. The van der Waals surface area contributed by atoms with Gasteiger partial charge in [0, 0.05) is 19.6 Å². The van der Waals surface area contributed by atoms with Crippen molar-refractivity contribution in [3.8, 4) is 0 Å². The van der Waals surface area contributed by atoms with Crippen LogP contribution in [0.1, 0.15) is 66.8 Å². The number of amides is 1. The number of piperidine rings is 1. The Morgan fingerprint density at radius 1 is 0.944 bits per heavy atom. The molecule has 0 aromatic heterocycles. The van der Waals surface area contributed by atoms with Gasteiger partial charge >= 0.3 is 0 Å². The van der Waals surface area contributed by atoms with Crippen molar-refractivity contribution in [3.63, 3.8) is 0 Å². The van der Waals surface area contributed by atoms with Gasteiger partial charge < -0.3 is 14.5 Å². The first kappa shape index (κ1) is 25.0. The summed E-state index contributed by atoms with van der Waals surface area (Å²) in [5, 5.41) is 2.01. The van der Waals surface area contributed by atoms with Gasteiger partial charge in [-0.15, -0.1) is 0 Å². The van der Waals surface area contributed by atoms with Crippen molar-refractivity contribution in [2.24, 2.45) is 5.41 Å². The number of carbonyl (C=O) groups is 1. The molecule has 1 amide bonds. The van der Waals surface area contributed by atoms with E-state index in [1.165, 1.54) is 24.8 Å². The minimum absolute atomic E-state index is 0.132. The average molecular weight is 489 g/mol. The highest BCUT2D eigenvalue weighted by atomic mass is 16.7. The van der Waals surface area contributed by atoms with Crippen LogP contribution in [0.2, 0.25) is 0 Å². The molecule has 2 fully saturated rings. The second kappa shape index (κ2) is 9.68. The summed E-state index contributed by atoms with van der Waals surface area (Å²) < 4.78 is 6.78. The normalized spacial score (nSPS) is 21.2. The smallest absolute Gasteiger partial charge is 0.258 e. The van der Waals surface area contributed by atoms with Crippen molar-refractivity contribution < 1.29 is 14.4 Å². The molecule has 5 heteroatoms. The second-order valence-electron chi connectivity index (χ2n) is 11.5. The number of ether oxygens (including phenoxy) is 1. The van der Waals surface area contributed by atoms with Crippen LogP contribution in [0.15, 0.2) is 48.2 Å². The van der Waals surface area contributed by atoms with Gasteiger partial charge in [0.25, 0.3) is 5.91 Å². The maximum Gasteiger partial charge on any atom is 0.258 e. The van der Waals surface area contributed by atoms with Crippen molar-refractivity contribution >= 4 is 11.5 Å². The fraction of sp³-hybridized carbons (Fsp3) is 0.516. The summed E-state index contributed by atoms with van der Waals surface area (Å²) in [4.78, 5) is 22.3. The molecule has 36 heavy (non-hydrogen) atoms. The summed E-state index contributed by atoms with van der Waals surface area (Å²) in [5.41, 5.74) is 6.15. The third-order valence-corrected chi connectivity index (χ3v) is 8.69. The van der Waals surface area contributed by atoms with Gasteiger partial charge in [-0.25, -0.2) is 0 Å². The monoisotopic (exact) mass is 488 g/mol. The van der Waals surface area contributed by atoms with Gasteiger partial charge in [-0.3, -0.25) is 4.79 Å². The summed E-state index contributed by atoms with van der Waals surface area (Å²) in [6.07, 6.45) is 5.21. The van der Waals surface area contributed by atoms with E-state index in [1.54, 1.807) is 7.11 Å². The molecule has 2 aromatic rings. The molecule has 1 aliphatic carbocycles. The molecule has 2 heterocycles. The summed E-state index contributed by atoms with van der Waals surface area (Å²) in [5.74, 6) is 0.997. The molecule has 1 saturated carbocycles. The van der Waals surface area contributed by atoms with Crippen molar-refractivity contribution in [1.82, 2.24) is 9.96 Å². The van der Waals surface area contributed by atoms with E-state index in [-0.39, 0.29) is 11.3 Å². The van der Waals surface area contributed by atoms with Crippen molar-refractivity contribution in [2.75, 3.05) is 26.7 Å². The van der Waals surface area contributed by atoms with Gasteiger partial charge in [0.2, 0.25) is 0 Å². The standard InChI is InChI=1S/C31H40N2O3/c1-22-18-23(2)26(24(3)19-22)27-28(36-20-25-10-7-6-8-11-25)31(14-16-32(35-5)17-15-31)33(29(27)34)21-30(4)12-9-13-30/h6-8,10-11,18-19H,9,12-17,20-21H2,1-5H3. The minimum Gasteiger partial charge on any atom is -0.490 e. The van der Waals surface area contributed by atoms with Gasteiger partial charge in [0.05, 0.1) is 12.7 Å². The third kappa shape index (κ3) is 4.37. The summed E-state index contributed by atoms with van der Waals surface area (Å²) in [6, 6.07) is 14.7. The number of carbonyl (C=O) groups excluding carboxylic acids is 1. The minimum atomic E-state index is -0.446. The Balaban J connectivity index is 1.64. The van der Waals surface area contributed by atoms with Crippen molar-refractivity contribution in [1.29, 1.82) is 0 Å². The Bertz CT molecular complexity index is 1130. The van der Waals surface area contributed by atoms with E-state index in [2.05, 4.69) is 56.9 Å². The molecular weight excluding hydrogens is 448 g/mol. The van der Waals surface area contributed by atoms with Crippen LogP contribution in [0.4, 0.5) is 0 Å². The molecule has 0 atom stereocenters. The fourth-order valence-electron chi connectivity index (χ4n) is 6.59.